The molecule has 2 aliphatic heterocycles. The molecule has 3 aromatic heterocycles. The Morgan fingerprint density at radius 1 is 1.00 bits per heavy atom. The second-order valence-electron chi connectivity index (χ2n) is 12.0. The Balaban J connectivity index is 1.22. The van der Waals surface area contributed by atoms with Crippen LogP contribution in [0.3, 0.4) is 0 Å². The third kappa shape index (κ3) is 5.58. The van der Waals surface area contributed by atoms with Gasteiger partial charge in [0.1, 0.15) is 5.82 Å². The van der Waals surface area contributed by atoms with Crippen molar-refractivity contribution >= 4 is 32.7 Å². The average Bonchev–Trinajstić information content (AvgIpc) is 3.44. The highest BCUT2D eigenvalue weighted by Gasteiger charge is 2.45. The van der Waals surface area contributed by atoms with Crippen LogP contribution in [0, 0.1) is 11.3 Å². The molecule has 1 aromatic carbocycles. The summed E-state index contributed by atoms with van der Waals surface area (Å²) >= 11 is 0. The number of halogens is 3. The van der Waals surface area contributed by atoms with E-state index in [-0.39, 0.29) is 31.3 Å². The van der Waals surface area contributed by atoms with Crippen molar-refractivity contribution in [1.82, 2.24) is 19.8 Å². The van der Waals surface area contributed by atoms with Crippen LogP contribution >= 0.6 is 0 Å². The predicted molar refractivity (Wildman–Crippen MR) is 158 cm³/mol. The number of sulfonamides is 1. The van der Waals surface area contributed by atoms with E-state index in [4.69, 9.17) is 9.52 Å². The Hall–Kier alpha value is -3.85. The van der Waals surface area contributed by atoms with E-state index in [2.05, 4.69) is 24.9 Å². The molecule has 11 nitrogen and oxygen atoms in total. The van der Waals surface area contributed by atoms with Gasteiger partial charge in [0, 0.05) is 31.7 Å². The Morgan fingerprint density at radius 2 is 1.77 bits per heavy atom. The van der Waals surface area contributed by atoms with Gasteiger partial charge >= 0.3 is 6.18 Å². The highest BCUT2D eigenvalue weighted by molar-refractivity contribution is 7.92. The fourth-order valence-corrected chi connectivity index (χ4v) is 7.16. The number of nitrogens with one attached hydrogen (secondary N) is 1. The summed E-state index contributed by atoms with van der Waals surface area (Å²) in [6, 6.07) is 10.4. The van der Waals surface area contributed by atoms with Crippen LogP contribution in [0.1, 0.15) is 32.1 Å². The Morgan fingerprint density at radius 3 is 2.48 bits per heavy atom. The van der Waals surface area contributed by atoms with Crippen molar-refractivity contribution < 1.29 is 31.1 Å². The van der Waals surface area contributed by atoms with E-state index in [1.165, 1.54) is 12.8 Å². The number of aliphatic hydroxyl groups excluding tert-OH is 1. The summed E-state index contributed by atoms with van der Waals surface area (Å²) in [4.78, 5) is 3.88. The van der Waals surface area contributed by atoms with E-state index < -0.39 is 34.5 Å². The van der Waals surface area contributed by atoms with Crippen LogP contribution in [-0.4, -0.2) is 78.1 Å². The van der Waals surface area contributed by atoms with Gasteiger partial charge in [0.15, 0.2) is 0 Å². The second-order valence-corrected chi connectivity index (χ2v) is 13.9. The van der Waals surface area contributed by atoms with Crippen LogP contribution in [-0.2, 0) is 10.0 Å². The maximum Gasteiger partial charge on any atom is 0.393 e. The molecule has 0 bridgehead atoms. The molecule has 4 aromatic rings. The first kappa shape index (κ1) is 28.9. The zero-order valence-corrected chi connectivity index (χ0v) is 24.6. The number of hydrogen-bond acceptors (Lipinski definition) is 9. The number of fused-ring (bicyclic) bond motifs is 1. The Labute approximate surface area is 251 Å². The standard InChI is InChI=1S/C29H32F3N7O4S/c30-29(31,32)20-4-10-38(18-20)25-16-19(15-22-3-9-33-39(22)25)26-34-35-27(43-26)23-2-1-21(36-44(41,42)14-13-40)17-24(23)37-11-7-28(5-6-28)8-12-37/h1-3,9,15-17,20,36,40H,4-8,10-14,18H2. The van der Waals surface area contributed by atoms with Crippen LogP contribution in [0.2, 0.25) is 0 Å². The minimum Gasteiger partial charge on any atom is -0.416 e. The van der Waals surface area contributed by atoms with Crippen LogP contribution < -0.4 is 14.5 Å². The van der Waals surface area contributed by atoms with Crippen LogP contribution in [0.4, 0.5) is 30.4 Å². The molecule has 44 heavy (non-hydrogen) atoms. The molecule has 2 N–H and O–H groups in total. The van der Waals surface area contributed by atoms with E-state index in [1.807, 2.05) is 0 Å². The third-order valence-electron chi connectivity index (χ3n) is 9.11. The first-order valence-corrected chi connectivity index (χ1v) is 16.3. The highest BCUT2D eigenvalue weighted by Crippen LogP contribution is 2.54. The second kappa shape index (κ2) is 10.6. The topological polar surface area (TPSA) is 129 Å². The van der Waals surface area contributed by atoms with Crippen molar-refractivity contribution in [3.05, 3.63) is 42.6 Å². The smallest absolute Gasteiger partial charge is 0.393 e. The van der Waals surface area contributed by atoms with Crippen molar-refractivity contribution in [3.63, 3.8) is 0 Å². The van der Waals surface area contributed by atoms with Gasteiger partial charge in [-0.1, -0.05) is 0 Å². The van der Waals surface area contributed by atoms with Crippen LogP contribution in [0.5, 0.6) is 0 Å². The Bertz CT molecular complexity index is 1790. The van der Waals surface area contributed by atoms with Gasteiger partial charge in [-0.2, -0.15) is 18.3 Å². The molecule has 1 atom stereocenters. The molecule has 1 unspecified atom stereocenters. The van der Waals surface area contributed by atoms with Gasteiger partial charge in [0.2, 0.25) is 21.8 Å². The summed E-state index contributed by atoms with van der Waals surface area (Å²) in [5.74, 6) is -0.880. The summed E-state index contributed by atoms with van der Waals surface area (Å²) in [6.45, 7) is 1.19. The molecule has 5 heterocycles. The lowest BCUT2D eigenvalue weighted by atomic mass is 9.93. The molecule has 0 amide bonds. The van der Waals surface area contributed by atoms with Crippen molar-refractivity contribution in [2.45, 2.75) is 38.3 Å². The van der Waals surface area contributed by atoms with Crippen LogP contribution in [0.15, 0.2) is 47.0 Å². The molecule has 7 rings (SSSR count). The maximum absolute atomic E-state index is 13.4. The summed E-state index contributed by atoms with van der Waals surface area (Å²) in [5, 5.41) is 22.1. The fraction of sp³-hybridized carbons (Fsp3) is 0.483. The quantitative estimate of drug-likeness (QED) is 0.288. The number of alkyl halides is 3. The van der Waals surface area contributed by atoms with E-state index in [0.717, 1.165) is 31.6 Å². The number of benzene rings is 1. The van der Waals surface area contributed by atoms with Crippen molar-refractivity contribution in [2.24, 2.45) is 11.3 Å². The van der Waals surface area contributed by atoms with E-state index >= 15 is 0 Å². The number of aliphatic hydroxyl groups is 1. The lowest BCUT2D eigenvalue weighted by Gasteiger charge is -2.35. The number of nitrogens with zero attached hydrogens (tertiary/aromatic N) is 6. The van der Waals surface area contributed by atoms with Gasteiger partial charge in [-0.05, 0) is 73.9 Å². The van der Waals surface area contributed by atoms with Gasteiger partial charge < -0.3 is 19.3 Å². The molecule has 0 radical (unpaired) electrons. The lowest BCUT2D eigenvalue weighted by molar-refractivity contribution is -0.168. The summed E-state index contributed by atoms with van der Waals surface area (Å²) in [6.07, 6.45) is 1.89. The fourth-order valence-electron chi connectivity index (χ4n) is 6.34. The number of rotatable bonds is 8. The lowest BCUT2D eigenvalue weighted by Crippen LogP contribution is -2.34. The molecule has 2 saturated heterocycles. The van der Waals surface area contributed by atoms with Gasteiger partial charge in [-0.15, -0.1) is 10.2 Å². The maximum atomic E-state index is 13.4. The van der Waals surface area contributed by atoms with E-state index in [1.54, 1.807) is 52.0 Å². The molecule has 3 fully saturated rings. The van der Waals surface area contributed by atoms with Gasteiger partial charge in [0.05, 0.1) is 46.9 Å². The molecule has 234 valence electrons. The van der Waals surface area contributed by atoms with Crippen molar-refractivity contribution in [2.75, 3.05) is 53.1 Å². The number of aromatic nitrogens is 4. The van der Waals surface area contributed by atoms with E-state index in [9.17, 15) is 21.6 Å². The van der Waals surface area contributed by atoms with Gasteiger partial charge in [-0.3, -0.25) is 4.72 Å². The first-order chi connectivity index (χ1) is 21.0. The minimum absolute atomic E-state index is 0.00768. The average molecular weight is 632 g/mol. The molecule has 1 aliphatic carbocycles. The highest BCUT2D eigenvalue weighted by atomic mass is 32.2. The predicted octanol–water partition coefficient (Wildman–Crippen LogP) is 4.55. The van der Waals surface area contributed by atoms with Crippen molar-refractivity contribution in [3.8, 4) is 22.9 Å². The summed E-state index contributed by atoms with van der Waals surface area (Å²) in [5.41, 5.74) is 3.40. The number of piperidine rings is 1. The first-order valence-electron chi connectivity index (χ1n) is 14.7. The molecular weight excluding hydrogens is 599 g/mol. The molecule has 15 heteroatoms. The van der Waals surface area contributed by atoms with Gasteiger partial charge in [-0.25, -0.2) is 12.9 Å². The zero-order valence-electron chi connectivity index (χ0n) is 23.8. The minimum atomic E-state index is -4.27. The largest absolute Gasteiger partial charge is 0.416 e. The molecule has 1 spiro atoms. The van der Waals surface area contributed by atoms with Crippen LogP contribution in [0.25, 0.3) is 28.4 Å². The summed E-state index contributed by atoms with van der Waals surface area (Å²) < 4.78 is 75.4. The van der Waals surface area contributed by atoms with E-state index in [0.29, 0.717) is 33.6 Å². The Kier molecular flexibility index (Phi) is 6.99. The number of pyridine rings is 1. The zero-order chi connectivity index (χ0) is 30.7. The monoisotopic (exact) mass is 631 g/mol. The number of hydrogen-bond donors (Lipinski definition) is 2. The number of anilines is 3. The molecule has 1 saturated carbocycles. The van der Waals surface area contributed by atoms with Crippen molar-refractivity contribution in [1.29, 1.82) is 0 Å². The molecule has 3 aliphatic rings. The molecular formula is C29H32F3N7O4S. The SMILES string of the molecule is O=S(=O)(CCO)Nc1ccc(-c2nnc(-c3cc(N4CCC(C(F)(F)F)C4)n4nccc4c3)o2)c(N2CCC3(CC2)CC3)c1. The normalized spacial score (nSPS) is 20.1. The third-order valence-corrected chi connectivity index (χ3v) is 10.4. The van der Waals surface area contributed by atoms with Gasteiger partial charge in [0.25, 0.3) is 0 Å². The summed E-state index contributed by atoms with van der Waals surface area (Å²) in [7, 11) is -3.73.